The quantitative estimate of drug-likeness (QED) is 0.887. The number of ether oxygens (including phenoxy) is 1. The molecule has 2 aromatic carbocycles. The molecule has 0 amide bonds. The molecule has 0 aromatic heterocycles. The van der Waals surface area contributed by atoms with E-state index in [0.29, 0.717) is 6.42 Å². The normalized spacial score (nSPS) is 12.2. The lowest BCUT2D eigenvalue weighted by Gasteiger charge is -2.18. The van der Waals surface area contributed by atoms with Crippen molar-refractivity contribution in [3.05, 3.63) is 64.2 Å². The number of hydrogen-bond acceptors (Lipinski definition) is 2. The van der Waals surface area contributed by atoms with Crippen LogP contribution in [0.15, 0.2) is 36.4 Å². The predicted molar refractivity (Wildman–Crippen MR) is 86.9 cm³/mol. The highest BCUT2D eigenvalue weighted by atomic mass is 16.5. The maximum Gasteiger partial charge on any atom is 0.127 e. The molecule has 2 rings (SSSR count). The molecule has 0 bridgehead atoms. The summed E-state index contributed by atoms with van der Waals surface area (Å²) in [6.07, 6.45) is 1.06. The summed E-state index contributed by atoms with van der Waals surface area (Å²) < 4.78 is 5.49. The molecule has 0 aliphatic carbocycles. The predicted octanol–water partition coefficient (Wildman–Crippen LogP) is 4.29. The average molecular weight is 284 g/mol. The molecule has 0 aliphatic rings. The van der Waals surface area contributed by atoms with E-state index in [2.05, 4.69) is 26.0 Å². The van der Waals surface area contributed by atoms with Crippen LogP contribution in [0, 0.1) is 20.8 Å². The molecular weight excluding hydrogens is 260 g/mol. The fourth-order valence-electron chi connectivity index (χ4n) is 2.68. The molecule has 0 heterocycles. The highest BCUT2D eigenvalue weighted by Crippen LogP contribution is 2.33. The van der Waals surface area contributed by atoms with Crippen LogP contribution in [-0.4, -0.2) is 12.2 Å². The molecule has 0 fully saturated rings. The first-order valence-corrected chi connectivity index (χ1v) is 7.41. The van der Waals surface area contributed by atoms with Crippen LogP contribution >= 0.6 is 0 Å². The monoisotopic (exact) mass is 284 g/mol. The maximum atomic E-state index is 10.5. The van der Waals surface area contributed by atoms with E-state index in [1.54, 1.807) is 7.11 Å². The van der Waals surface area contributed by atoms with E-state index in [4.69, 9.17) is 4.74 Å². The number of benzene rings is 2. The minimum absolute atomic E-state index is 0.501. The lowest BCUT2D eigenvalue weighted by atomic mass is 9.95. The van der Waals surface area contributed by atoms with Crippen LogP contribution in [0.2, 0.25) is 0 Å². The topological polar surface area (TPSA) is 29.5 Å². The number of aliphatic hydroxyl groups is 1. The Kier molecular flexibility index (Phi) is 5.03. The molecule has 21 heavy (non-hydrogen) atoms. The van der Waals surface area contributed by atoms with Crippen molar-refractivity contribution in [3.63, 3.8) is 0 Å². The zero-order chi connectivity index (χ0) is 15.4. The Labute approximate surface area is 127 Å². The van der Waals surface area contributed by atoms with Crippen molar-refractivity contribution < 1.29 is 9.84 Å². The molecule has 0 radical (unpaired) electrons. The molecule has 0 saturated heterocycles. The van der Waals surface area contributed by atoms with Crippen LogP contribution in [0.1, 0.15) is 40.3 Å². The van der Waals surface area contributed by atoms with Crippen LogP contribution in [0.3, 0.4) is 0 Å². The average Bonchev–Trinajstić information content (AvgIpc) is 2.48. The van der Waals surface area contributed by atoms with Crippen LogP contribution in [-0.2, 0) is 6.42 Å². The lowest BCUT2D eigenvalue weighted by molar-refractivity contribution is 0.163. The molecule has 0 spiro atoms. The summed E-state index contributed by atoms with van der Waals surface area (Å²) in [6.45, 7) is 6.20. The number of aryl methyl sites for hydroxylation is 3. The van der Waals surface area contributed by atoms with Crippen molar-refractivity contribution in [2.75, 3.05) is 7.11 Å². The smallest absolute Gasteiger partial charge is 0.127 e. The minimum atomic E-state index is -0.501. The van der Waals surface area contributed by atoms with E-state index in [1.165, 1.54) is 16.7 Å². The van der Waals surface area contributed by atoms with Crippen molar-refractivity contribution in [3.8, 4) is 5.75 Å². The Morgan fingerprint density at radius 1 is 1.00 bits per heavy atom. The first kappa shape index (κ1) is 15.6. The van der Waals surface area contributed by atoms with Gasteiger partial charge in [-0.15, -0.1) is 0 Å². The first-order chi connectivity index (χ1) is 10.0. The van der Waals surface area contributed by atoms with Crippen molar-refractivity contribution in [2.24, 2.45) is 0 Å². The Hall–Kier alpha value is -1.80. The minimum Gasteiger partial charge on any atom is -0.496 e. The second kappa shape index (κ2) is 6.77. The molecule has 0 aliphatic heterocycles. The number of rotatable bonds is 5. The fourth-order valence-corrected chi connectivity index (χ4v) is 2.68. The van der Waals surface area contributed by atoms with Crippen molar-refractivity contribution in [1.29, 1.82) is 0 Å². The summed E-state index contributed by atoms with van der Waals surface area (Å²) >= 11 is 0. The van der Waals surface area contributed by atoms with Crippen LogP contribution in [0.4, 0.5) is 0 Å². The second-order valence-electron chi connectivity index (χ2n) is 5.61. The van der Waals surface area contributed by atoms with Gasteiger partial charge in [0.05, 0.1) is 13.2 Å². The molecule has 1 atom stereocenters. The van der Waals surface area contributed by atoms with Gasteiger partial charge in [0.25, 0.3) is 0 Å². The van der Waals surface area contributed by atoms with E-state index in [9.17, 15) is 5.11 Å². The van der Waals surface area contributed by atoms with Gasteiger partial charge in [-0.25, -0.2) is 0 Å². The van der Waals surface area contributed by atoms with E-state index in [0.717, 1.165) is 23.3 Å². The van der Waals surface area contributed by atoms with Gasteiger partial charge in [-0.3, -0.25) is 0 Å². The summed E-state index contributed by atoms with van der Waals surface area (Å²) in [7, 11) is 1.67. The molecule has 1 unspecified atom stereocenters. The number of aliphatic hydroxyl groups excluding tert-OH is 1. The Morgan fingerprint density at radius 3 is 2.38 bits per heavy atom. The Bertz CT molecular complexity index is 617. The van der Waals surface area contributed by atoms with Crippen LogP contribution in [0.5, 0.6) is 5.75 Å². The summed E-state index contributed by atoms with van der Waals surface area (Å²) in [5.41, 5.74) is 5.73. The number of hydrogen-bond donors (Lipinski definition) is 1. The van der Waals surface area contributed by atoms with Gasteiger partial charge in [-0.2, -0.15) is 0 Å². The van der Waals surface area contributed by atoms with E-state index in [-0.39, 0.29) is 0 Å². The van der Waals surface area contributed by atoms with Crippen LogP contribution in [0.25, 0.3) is 0 Å². The third-order valence-electron chi connectivity index (χ3n) is 4.22. The zero-order valence-corrected chi connectivity index (χ0v) is 13.3. The summed E-state index contributed by atoms with van der Waals surface area (Å²) in [5.74, 6) is 0.812. The molecule has 1 N–H and O–H groups in total. The van der Waals surface area contributed by atoms with Gasteiger partial charge in [0.15, 0.2) is 0 Å². The third-order valence-corrected chi connectivity index (χ3v) is 4.22. The SMILES string of the molecule is COc1c(C(O)CCc2ccccc2C)ccc(C)c1C. The largest absolute Gasteiger partial charge is 0.496 e. The highest BCUT2D eigenvalue weighted by Gasteiger charge is 2.16. The summed E-state index contributed by atoms with van der Waals surface area (Å²) in [6, 6.07) is 12.3. The van der Waals surface area contributed by atoms with Crippen molar-refractivity contribution in [1.82, 2.24) is 0 Å². The zero-order valence-electron chi connectivity index (χ0n) is 13.3. The molecule has 0 saturated carbocycles. The lowest BCUT2D eigenvalue weighted by Crippen LogP contribution is -2.05. The maximum absolute atomic E-state index is 10.5. The Balaban J connectivity index is 2.16. The van der Waals surface area contributed by atoms with Gasteiger partial charge in [0, 0.05) is 5.56 Å². The van der Waals surface area contributed by atoms with Gasteiger partial charge in [-0.1, -0.05) is 36.4 Å². The fraction of sp³-hybridized carbons (Fsp3) is 0.368. The summed E-state index contributed by atoms with van der Waals surface area (Å²) in [4.78, 5) is 0. The van der Waals surface area contributed by atoms with E-state index >= 15 is 0 Å². The second-order valence-corrected chi connectivity index (χ2v) is 5.61. The molecule has 112 valence electrons. The third kappa shape index (κ3) is 3.45. The summed E-state index contributed by atoms with van der Waals surface area (Å²) in [5, 5.41) is 10.5. The van der Waals surface area contributed by atoms with Crippen molar-refractivity contribution >= 4 is 0 Å². The van der Waals surface area contributed by atoms with Gasteiger partial charge < -0.3 is 9.84 Å². The van der Waals surface area contributed by atoms with E-state index in [1.807, 2.05) is 31.2 Å². The van der Waals surface area contributed by atoms with Gasteiger partial charge in [0.2, 0.25) is 0 Å². The number of methoxy groups -OCH3 is 1. The van der Waals surface area contributed by atoms with Gasteiger partial charge in [0.1, 0.15) is 5.75 Å². The van der Waals surface area contributed by atoms with Gasteiger partial charge in [-0.05, 0) is 55.9 Å². The van der Waals surface area contributed by atoms with E-state index < -0.39 is 6.10 Å². The van der Waals surface area contributed by atoms with Crippen LogP contribution < -0.4 is 4.74 Å². The van der Waals surface area contributed by atoms with Gasteiger partial charge >= 0.3 is 0 Å². The standard InChI is InChI=1S/C19H24O2/c1-13-9-11-17(19(21-4)15(13)3)18(20)12-10-16-8-6-5-7-14(16)2/h5-9,11,18,20H,10,12H2,1-4H3. The first-order valence-electron chi connectivity index (χ1n) is 7.41. The highest BCUT2D eigenvalue weighted by molar-refractivity contribution is 5.46. The molecule has 2 heteroatoms. The molecular formula is C19H24O2. The Morgan fingerprint density at radius 2 is 1.71 bits per heavy atom. The molecule has 2 nitrogen and oxygen atoms in total. The molecule has 2 aromatic rings. The van der Waals surface area contributed by atoms with Crippen molar-refractivity contribution in [2.45, 2.75) is 39.7 Å².